The molecule has 20 heavy (non-hydrogen) atoms. The number of nitrogens with one attached hydrogen (secondary N) is 1. The molecule has 0 fully saturated rings. The first-order valence-electron chi connectivity index (χ1n) is 5.59. The first-order valence-corrected chi connectivity index (χ1v) is 5.59. The van der Waals surface area contributed by atoms with Crippen LogP contribution in [-0.2, 0) is 16.0 Å². The minimum Gasteiger partial charge on any atom is -0.480 e. The van der Waals surface area contributed by atoms with Gasteiger partial charge in [-0.05, 0) is 12.0 Å². The van der Waals surface area contributed by atoms with Crippen LogP contribution in [-0.4, -0.2) is 40.8 Å². The summed E-state index contributed by atoms with van der Waals surface area (Å²) in [6.07, 6.45) is 0.385. The molecule has 110 valence electrons. The summed E-state index contributed by atoms with van der Waals surface area (Å²) >= 11 is 0. The molecular weight excluding hydrogens is 266 g/mol. The van der Waals surface area contributed by atoms with Gasteiger partial charge in [-0.1, -0.05) is 30.3 Å². The van der Waals surface area contributed by atoms with Crippen molar-refractivity contribution in [2.75, 3.05) is 6.61 Å². The van der Waals surface area contributed by atoms with Crippen LogP contribution in [0, 0.1) is 0 Å². The lowest BCUT2D eigenvalue weighted by Gasteiger charge is -2.04. The van der Waals surface area contributed by atoms with E-state index in [4.69, 9.17) is 15.9 Å². The normalized spacial score (nSPS) is 10.7. The number of hydrogen-bond donors (Lipinski definition) is 5. The number of carbonyl (C=O) groups is 3. The van der Waals surface area contributed by atoms with Crippen LogP contribution in [0.1, 0.15) is 5.56 Å². The molecule has 0 aliphatic carbocycles. The van der Waals surface area contributed by atoms with Crippen molar-refractivity contribution in [2.45, 2.75) is 12.5 Å². The van der Waals surface area contributed by atoms with Crippen LogP contribution in [0.3, 0.4) is 0 Å². The number of amides is 3. The quantitative estimate of drug-likeness (QED) is 0.468. The Balaban J connectivity index is 0.000000396. The zero-order valence-electron chi connectivity index (χ0n) is 10.7. The molecule has 0 saturated carbocycles. The highest BCUT2D eigenvalue weighted by Gasteiger charge is 2.10. The van der Waals surface area contributed by atoms with Gasteiger partial charge in [-0.2, -0.15) is 0 Å². The van der Waals surface area contributed by atoms with Crippen molar-refractivity contribution in [3.05, 3.63) is 35.9 Å². The van der Waals surface area contributed by atoms with Gasteiger partial charge in [-0.3, -0.25) is 14.9 Å². The van der Waals surface area contributed by atoms with E-state index >= 15 is 0 Å². The highest BCUT2D eigenvalue weighted by molar-refractivity contribution is 5.93. The molecule has 1 unspecified atom stereocenters. The molecule has 0 aliphatic rings. The third-order valence-electron chi connectivity index (χ3n) is 2.02. The highest BCUT2D eigenvalue weighted by Crippen LogP contribution is 2.01. The summed E-state index contributed by atoms with van der Waals surface area (Å²) in [5.41, 5.74) is 10.8. The van der Waals surface area contributed by atoms with E-state index in [1.807, 2.05) is 30.3 Å². The van der Waals surface area contributed by atoms with Crippen molar-refractivity contribution in [1.82, 2.24) is 5.32 Å². The maximum absolute atomic E-state index is 10.4. The molecule has 8 nitrogen and oxygen atoms in total. The average Bonchev–Trinajstić information content (AvgIpc) is 2.39. The number of carboxylic acids is 1. The second-order valence-electron chi connectivity index (χ2n) is 3.70. The summed E-state index contributed by atoms with van der Waals surface area (Å²) in [5, 5.41) is 18.1. The van der Waals surface area contributed by atoms with Crippen LogP contribution in [0.2, 0.25) is 0 Å². The summed E-state index contributed by atoms with van der Waals surface area (Å²) in [7, 11) is 0. The molecule has 7 N–H and O–H groups in total. The third kappa shape index (κ3) is 8.61. The smallest absolute Gasteiger partial charge is 0.320 e. The van der Waals surface area contributed by atoms with E-state index in [-0.39, 0.29) is 0 Å². The van der Waals surface area contributed by atoms with E-state index in [1.54, 1.807) is 5.32 Å². The molecule has 0 aromatic heterocycles. The van der Waals surface area contributed by atoms with Crippen molar-refractivity contribution < 1.29 is 24.6 Å². The van der Waals surface area contributed by atoms with Gasteiger partial charge in [0.05, 0.1) is 0 Å². The Hall–Kier alpha value is -2.45. The van der Waals surface area contributed by atoms with Gasteiger partial charge in [0.1, 0.15) is 12.6 Å². The Morgan fingerprint density at radius 2 is 1.75 bits per heavy atom. The fraction of sp³-hybridized carbons (Fsp3) is 0.250. The predicted octanol–water partition coefficient (Wildman–Crippen LogP) is -1.19. The number of nitrogens with two attached hydrogens (primary N) is 2. The molecule has 1 rings (SSSR count). The number of aliphatic hydroxyl groups excluding tert-OH is 1. The zero-order chi connectivity index (χ0) is 15.5. The second-order valence-corrected chi connectivity index (χ2v) is 3.70. The van der Waals surface area contributed by atoms with E-state index in [0.29, 0.717) is 6.42 Å². The summed E-state index contributed by atoms with van der Waals surface area (Å²) in [4.78, 5) is 30.1. The standard InChI is InChI=1S/C9H11NO2.C3H6N2O3/c10-8(9(11)12)6-7-4-2-1-3-5-7;4-3(8)5-2(7)1-6/h1-5,8H,6,10H2,(H,11,12);6H,1H2,(H3,4,5,7,8). The van der Waals surface area contributed by atoms with Crippen molar-refractivity contribution >= 4 is 17.9 Å². The van der Waals surface area contributed by atoms with Crippen molar-refractivity contribution in [1.29, 1.82) is 0 Å². The maximum Gasteiger partial charge on any atom is 0.320 e. The Bertz CT molecular complexity index is 450. The van der Waals surface area contributed by atoms with Gasteiger partial charge in [0.2, 0.25) is 0 Å². The van der Waals surface area contributed by atoms with E-state index in [1.165, 1.54) is 0 Å². The van der Waals surface area contributed by atoms with Gasteiger partial charge < -0.3 is 21.7 Å². The molecule has 0 heterocycles. The zero-order valence-corrected chi connectivity index (χ0v) is 10.7. The molecule has 0 aliphatic heterocycles. The van der Waals surface area contributed by atoms with Gasteiger partial charge in [0.15, 0.2) is 0 Å². The third-order valence-corrected chi connectivity index (χ3v) is 2.02. The number of carboxylic acid groups (broad SMARTS) is 1. The average molecular weight is 283 g/mol. The number of hydrogen-bond acceptors (Lipinski definition) is 5. The summed E-state index contributed by atoms with van der Waals surface area (Å²) < 4.78 is 0. The Morgan fingerprint density at radius 3 is 2.10 bits per heavy atom. The molecule has 0 radical (unpaired) electrons. The Kier molecular flexibility index (Phi) is 8.32. The number of benzene rings is 1. The molecule has 0 bridgehead atoms. The van der Waals surface area contributed by atoms with E-state index < -0.39 is 30.6 Å². The molecule has 1 atom stereocenters. The van der Waals surface area contributed by atoms with Gasteiger partial charge >= 0.3 is 12.0 Å². The van der Waals surface area contributed by atoms with E-state index in [0.717, 1.165) is 5.56 Å². The van der Waals surface area contributed by atoms with E-state index in [2.05, 4.69) is 5.73 Å². The van der Waals surface area contributed by atoms with Crippen LogP contribution >= 0.6 is 0 Å². The fourth-order valence-corrected chi connectivity index (χ4v) is 1.13. The maximum atomic E-state index is 10.4. The Morgan fingerprint density at radius 1 is 1.20 bits per heavy atom. The largest absolute Gasteiger partial charge is 0.480 e. The molecule has 8 heteroatoms. The van der Waals surface area contributed by atoms with Crippen molar-refractivity contribution in [2.24, 2.45) is 11.5 Å². The van der Waals surface area contributed by atoms with E-state index in [9.17, 15) is 14.4 Å². The molecule has 0 spiro atoms. The van der Waals surface area contributed by atoms with Gasteiger partial charge in [0.25, 0.3) is 5.91 Å². The number of imide groups is 1. The van der Waals surface area contributed by atoms with Crippen LogP contribution in [0.4, 0.5) is 4.79 Å². The van der Waals surface area contributed by atoms with Crippen molar-refractivity contribution in [3.8, 4) is 0 Å². The van der Waals surface area contributed by atoms with Gasteiger partial charge in [-0.25, -0.2) is 4.79 Å². The lowest BCUT2D eigenvalue weighted by atomic mass is 10.1. The number of carbonyl (C=O) groups excluding carboxylic acids is 2. The number of urea groups is 1. The minimum atomic E-state index is -0.959. The monoisotopic (exact) mass is 283 g/mol. The fourth-order valence-electron chi connectivity index (χ4n) is 1.13. The topological polar surface area (TPSA) is 156 Å². The predicted molar refractivity (Wildman–Crippen MR) is 70.6 cm³/mol. The van der Waals surface area contributed by atoms with Crippen LogP contribution in [0.5, 0.6) is 0 Å². The first-order chi connectivity index (χ1) is 9.36. The van der Waals surface area contributed by atoms with Crippen LogP contribution in [0.25, 0.3) is 0 Å². The van der Waals surface area contributed by atoms with Crippen molar-refractivity contribution in [3.63, 3.8) is 0 Å². The molecule has 1 aromatic rings. The number of aliphatic carboxylic acids is 1. The highest BCUT2D eigenvalue weighted by atomic mass is 16.4. The lowest BCUT2D eigenvalue weighted by Crippen LogP contribution is -2.36. The van der Waals surface area contributed by atoms with Gasteiger partial charge in [0, 0.05) is 0 Å². The molecular formula is C12H17N3O5. The molecule has 1 aromatic carbocycles. The second kappa shape index (κ2) is 9.48. The summed E-state index contributed by atoms with van der Waals surface area (Å²) in [6.45, 7) is -0.719. The molecule has 0 saturated heterocycles. The molecule has 3 amide bonds. The SMILES string of the molecule is NC(=O)NC(=O)CO.NC(Cc1ccccc1)C(=O)O. The van der Waals surface area contributed by atoms with Gasteiger partial charge in [-0.15, -0.1) is 0 Å². The van der Waals surface area contributed by atoms with Crippen LogP contribution in [0.15, 0.2) is 30.3 Å². The number of rotatable bonds is 4. The number of primary amides is 1. The summed E-state index contributed by atoms with van der Waals surface area (Å²) in [5.74, 6) is -1.75. The first kappa shape index (κ1) is 17.6. The minimum absolute atomic E-state index is 0.385. The number of aliphatic hydroxyl groups is 1. The lowest BCUT2D eigenvalue weighted by molar-refractivity contribution is -0.138. The summed E-state index contributed by atoms with van der Waals surface area (Å²) in [6, 6.07) is 7.59. The Labute approximate surface area is 115 Å². The van der Waals surface area contributed by atoms with Crippen LogP contribution < -0.4 is 16.8 Å².